The molecular formula is C8H9ClN4S. The van der Waals surface area contributed by atoms with Crippen LogP contribution in [0.3, 0.4) is 0 Å². The molecule has 2 aromatic rings. The quantitative estimate of drug-likeness (QED) is 0.849. The van der Waals surface area contributed by atoms with E-state index in [-0.39, 0.29) is 0 Å². The minimum Gasteiger partial charge on any atom is -0.356 e. The summed E-state index contributed by atoms with van der Waals surface area (Å²) < 4.78 is 0.686. The van der Waals surface area contributed by atoms with E-state index < -0.39 is 0 Å². The molecule has 2 aromatic heterocycles. The number of aromatic amines is 1. The Morgan fingerprint density at radius 3 is 3.07 bits per heavy atom. The van der Waals surface area contributed by atoms with E-state index in [0.717, 1.165) is 16.5 Å². The number of thiazole rings is 1. The Balaban J connectivity index is 1.94. The fourth-order valence-electron chi connectivity index (χ4n) is 1.07. The number of aromatic nitrogens is 3. The predicted molar refractivity (Wildman–Crippen MR) is 57.8 cm³/mol. The Labute approximate surface area is 90.3 Å². The maximum atomic E-state index is 5.74. The summed E-state index contributed by atoms with van der Waals surface area (Å²) in [4.78, 5) is 4.08. The Bertz CT molecular complexity index is 382. The molecule has 0 aliphatic carbocycles. The standard InChI is InChI=1S/C8H9ClN4S/c1-5-2-6(13-12-5)3-10-8-11-4-7(9)14-8/h2,4H,3H2,1H3,(H,10,11)(H,12,13). The van der Waals surface area contributed by atoms with Crippen LogP contribution in [0.2, 0.25) is 4.34 Å². The monoisotopic (exact) mass is 228 g/mol. The second kappa shape index (κ2) is 3.98. The molecule has 0 spiro atoms. The topological polar surface area (TPSA) is 53.6 Å². The van der Waals surface area contributed by atoms with Gasteiger partial charge < -0.3 is 5.32 Å². The van der Waals surface area contributed by atoms with Crippen molar-refractivity contribution in [1.82, 2.24) is 15.2 Å². The van der Waals surface area contributed by atoms with Gasteiger partial charge in [-0.25, -0.2) is 4.98 Å². The van der Waals surface area contributed by atoms with E-state index in [4.69, 9.17) is 11.6 Å². The number of hydrogen-bond donors (Lipinski definition) is 2. The first-order valence-electron chi connectivity index (χ1n) is 4.10. The highest BCUT2D eigenvalue weighted by atomic mass is 35.5. The number of hydrogen-bond acceptors (Lipinski definition) is 4. The molecule has 0 fully saturated rings. The van der Waals surface area contributed by atoms with E-state index in [1.54, 1.807) is 6.20 Å². The molecule has 0 saturated heterocycles. The van der Waals surface area contributed by atoms with Crippen molar-refractivity contribution in [2.75, 3.05) is 5.32 Å². The summed E-state index contributed by atoms with van der Waals surface area (Å²) >= 11 is 7.16. The number of rotatable bonds is 3. The lowest BCUT2D eigenvalue weighted by molar-refractivity contribution is 0.966. The first kappa shape index (κ1) is 9.48. The predicted octanol–water partition coefficient (Wildman–Crippen LogP) is 2.44. The van der Waals surface area contributed by atoms with Crippen LogP contribution in [0.5, 0.6) is 0 Å². The maximum Gasteiger partial charge on any atom is 0.184 e. The molecule has 4 nitrogen and oxygen atoms in total. The minimum absolute atomic E-state index is 0.661. The zero-order valence-corrected chi connectivity index (χ0v) is 9.11. The third-order valence-corrected chi connectivity index (χ3v) is 2.73. The first-order valence-corrected chi connectivity index (χ1v) is 5.29. The largest absolute Gasteiger partial charge is 0.356 e. The highest BCUT2D eigenvalue weighted by Gasteiger charge is 2.01. The second-order valence-corrected chi connectivity index (χ2v) is 4.53. The molecule has 6 heteroatoms. The normalized spacial score (nSPS) is 10.4. The van der Waals surface area contributed by atoms with Gasteiger partial charge in [0.1, 0.15) is 4.34 Å². The number of anilines is 1. The van der Waals surface area contributed by atoms with Crippen LogP contribution >= 0.6 is 22.9 Å². The molecule has 0 atom stereocenters. The van der Waals surface area contributed by atoms with Crippen molar-refractivity contribution in [2.24, 2.45) is 0 Å². The van der Waals surface area contributed by atoms with Crippen LogP contribution in [0.1, 0.15) is 11.4 Å². The molecule has 14 heavy (non-hydrogen) atoms. The molecule has 0 radical (unpaired) electrons. The zero-order chi connectivity index (χ0) is 9.97. The van der Waals surface area contributed by atoms with Gasteiger partial charge in [0.05, 0.1) is 18.4 Å². The summed E-state index contributed by atoms with van der Waals surface area (Å²) in [5.74, 6) is 0. The van der Waals surface area contributed by atoms with Gasteiger partial charge in [0.15, 0.2) is 5.13 Å². The number of aryl methyl sites for hydroxylation is 1. The van der Waals surface area contributed by atoms with Gasteiger partial charge in [-0.15, -0.1) is 0 Å². The highest BCUT2D eigenvalue weighted by molar-refractivity contribution is 7.19. The number of nitrogens with one attached hydrogen (secondary N) is 2. The van der Waals surface area contributed by atoms with Gasteiger partial charge in [0, 0.05) is 5.69 Å². The fraction of sp³-hybridized carbons (Fsp3) is 0.250. The van der Waals surface area contributed by atoms with Crippen molar-refractivity contribution < 1.29 is 0 Å². The van der Waals surface area contributed by atoms with E-state index in [9.17, 15) is 0 Å². The summed E-state index contributed by atoms with van der Waals surface area (Å²) in [5.41, 5.74) is 2.02. The molecule has 74 valence electrons. The molecular weight excluding hydrogens is 220 g/mol. The van der Waals surface area contributed by atoms with E-state index in [1.165, 1.54) is 11.3 Å². The average Bonchev–Trinajstić information content (AvgIpc) is 2.72. The van der Waals surface area contributed by atoms with Gasteiger partial charge in [-0.05, 0) is 13.0 Å². The van der Waals surface area contributed by atoms with Crippen molar-refractivity contribution >= 4 is 28.1 Å². The van der Waals surface area contributed by atoms with Crippen molar-refractivity contribution in [3.05, 3.63) is 28.0 Å². The third-order valence-electron chi connectivity index (χ3n) is 1.66. The van der Waals surface area contributed by atoms with Gasteiger partial charge in [0.25, 0.3) is 0 Å². The molecule has 0 aliphatic heterocycles. The van der Waals surface area contributed by atoms with Gasteiger partial charge in [-0.2, -0.15) is 5.10 Å². The second-order valence-electron chi connectivity index (χ2n) is 2.87. The number of H-pyrrole nitrogens is 1. The van der Waals surface area contributed by atoms with E-state index in [1.807, 2.05) is 13.0 Å². The molecule has 0 aromatic carbocycles. The van der Waals surface area contributed by atoms with Crippen LogP contribution in [0.25, 0.3) is 0 Å². The van der Waals surface area contributed by atoms with Crippen LogP contribution in [-0.4, -0.2) is 15.2 Å². The van der Waals surface area contributed by atoms with Gasteiger partial charge >= 0.3 is 0 Å². The first-order chi connectivity index (χ1) is 6.74. The maximum absolute atomic E-state index is 5.74. The molecule has 0 unspecified atom stereocenters. The van der Waals surface area contributed by atoms with E-state index in [2.05, 4.69) is 20.5 Å². The van der Waals surface area contributed by atoms with Crippen LogP contribution in [0.15, 0.2) is 12.3 Å². The SMILES string of the molecule is Cc1cc(CNc2ncc(Cl)s2)n[nH]1. The van der Waals surface area contributed by atoms with Crippen LogP contribution in [0, 0.1) is 6.92 Å². The smallest absolute Gasteiger partial charge is 0.184 e. The molecule has 2 N–H and O–H groups in total. The lowest BCUT2D eigenvalue weighted by Crippen LogP contribution is -1.98. The average molecular weight is 229 g/mol. The Hall–Kier alpha value is -1.07. The van der Waals surface area contributed by atoms with Crippen molar-refractivity contribution in [3.63, 3.8) is 0 Å². The fourth-order valence-corrected chi connectivity index (χ4v) is 1.88. The number of nitrogens with zero attached hydrogens (tertiary/aromatic N) is 2. The Morgan fingerprint density at radius 2 is 2.50 bits per heavy atom. The van der Waals surface area contributed by atoms with Gasteiger partial charge in [0.2, 0.25) is 0 Å². The van der Waals surface area contributed by atoms with E-state index >= 15 is 0 Å². The van der Waals surface area contributed by atoms with Gasteiger partial charge in [-0.1, -0.05) is 22.9 Å². The molecule has 2 rings (SSSR count). The Morgan fingerprint density at radius 1 is 1.64 bits per heavy atom. The van der Waals surface area contributed by atoms with Crippen LogP contribution < -0.4 is 5.32 Å². The van der Waals surface area contributed by atoms with E-state index in [0.29, 0.717) is 10.9 Å². The highest BCUT2D eigenvalue weighted by Crippen LogP contribution is 2.22. The molecule has 0 amide bonds. The molecule has 0 bridgehead atoms. The van der Waals surface area contributed by atoms with Crippen molar-refractivity contribution in [3.8, 4) is 0 Å². The van der Waals surface area contributed by atoms with Gasteiger partial charge in [-0.3, -0.25) is 5.10 Å². The summed E-state index contributed by atoms with van der Waals surface area (Å²) in [6.07, 6.45) is 1.63. The summed E-state index contributed by atoms with van der Waals surface area (Å²) in [6.45, 7) is 2.63. The molecule has 2 heterocycles. The number of halogens is 1. The molecule has 0 saturated carbocycles. The lowest BCUT2D eigenvalue weighted by Gasteiger charge is -1.96. The van der Waals surface area contributed by atoms with Crippen molar-refractivity contribution in [2.45, 2.75) is 13.5 Å². The third kappa shape index (κ3) is 2.24. The Kier molecular flexibility index (Phi) is 2.69. The summed E-state index contributed by atoms with van der Waals surface area (Å²) in [7, 11) is 0. The summed E-state index contributed by atoms with van der Waals surface area (Å²) in [6, 6.07) is 1.99. The summed E-state index contributed by atoms with van der Waals surface area (Å²) in [5, 5.41) is 10.9. The minimum atomic E-state index is 0.661. The zero-order valence-electron chi connectivity index (χ0n) is 7.54. The van der Waals surface area contributed by atoms with Crippen LogP contribution in [-0.2, 0) is 6.54 Å². The molecule has 0 aliphatic rings. The lowest BCUT2D eigenvalue weighted by atomic mass is 10.4. The van der Waals surface area contributed by atoms with Crippen LogP contribution in [0.4, 0.5) is 5.13 Å². The van der Waals surface area contributed by atoms with Crippen molar-refractivity contribution in [1.29, 1.82) is 0 Å².